The summed E-state index contributed by atoms with van der Waals surface area (Å²) in [5.74, 6) is -4.51. The van der Waals surface area contributed by atoms with Crippen LogP contribution in [-0.4, -0.2) is 91.8 Å². The van der Waals surface area contributed by atoms with Crippen LogP contribution in [0.15, 0.2) is 30.9 Å². The lowest BCUT2D eigenvalue weighted by Gasteiger charge is -2.36. The number of rotatable bonds is 14. The Hall–Kier alpha value is -4.16. The molecule has 0 radical (unpaired) electrons. The summed E-state index contributed by atoms with van der Waals surface area (Å²) >= 11 is 0. The zero-order valence-electron chi connectivity index (χ0n) is 28.1. The van der Waals surface area contributed by atoms with Crippen LogP contribution >= 0.6 is 0 Å². The number of hydrogen-bond donors (Lipinski definition) is 3. The predicted octanol–water partition coefficient (Wildman–Crippen LogP) is 1.84. The second-order valence-electron chi connectivity index (χ2n) is 13.0. The van der Waals surface area contributed by atoms with Gasteiger partial charge < -0.3 is 25.8 Å². The summed E-state index contributed by atoms with van der Waals surface area (Å²) in [6.07, 6.45) is 9.02. The number of fused-ring (bicyclic) bond motifs is 2. The smallest absolute Gasteiger partial charge is 0.289 e. The van der Waals surface area contributed by atoms with Crippen LogP contribution in [-0.2, 0) is 24.0 Å². The number of Topliss-reactive ketones (excluding diaryl/α,β-unsaturated/α-hetero) is 1. The first-order valence-corrected chi connectivity index (χ1v) is 16.3. The first-order valence-electron chi connectivity index (χ1n) is 16.3. The molecular weight excluding hydrogens is 590 g/mol. The summed E-state index contributed by atoms with van der Waals surface area (Å²) in [6.45, 7) is 14.9. The summed E-state index contributed by atoms with van der Waals surface area (Å²) in [6, 6.07) is -4.06. The third-order valence-electron chi connectivity index (χ3n) is 8.88. The molecule has 7 atom stereocenters. The number of ketones is 1. The van der Waals surface area contributed by atoms with Gasteiger partial charge in [0, 0.05) is 37.1 Å². The van der Waals surface area contributed by atoms with Gasteiger partial charge in [-0.25, -0.2) is 4.98 Å². The van der Waals surface area contributed by atoms with Crippen LogP contribution in [0.2, 0.25) is 0 Å². The molecule has 0 aliphatic carbocycles. The zero-order chi connectivity index (χ0) is 34.3. The average molecular weight is 640 g/mol. The molecule has 0 aromatic carbocycles. The second kappa shape index (κ2) is 15.9. The third-order valence-corrected chi connectivity index (χ3v) is 8.88. The van der Waals surface area contributed by atoms with Gasteiger partial charge in [0.15, 0.2) is 0 Å². The summed E-state index contributed by atoms with van der Waals surface area (Å²) in [5.41, 5.74) is 0.0557. The number of carbonyl (C=O) groups excluding carboxylic acids is 6. The van der Waals surface area contributed by atoms with Crippen molar-refractivity contribution in [2.75, 3.05) is 6.54 Å². The molecule has 252 valence electrons. The number of nitrogens with zero attached hydrogens (tertiary/aromatic N) is 4. The minimum atomic E-state index is -1.01. The number of hydrogen-bond acceptors (Lipinski definition) is 8. The van der Waals surface area contributed by atoms with Gasteiger partial charge >= 0.3 is 0 Å². The van der Waals surface area contributed by atoms with Crippen LogP contribution in [0.1, 0.15) is 85.1 Å². The van der Waals surface area contributed by atoms with Crippen molar-refractivity contribution in [1.82, 2.24) is 35.7 Å². The second-order valence-corrected chi connectivity index (χ2v) is 13.0. The number of nitrogens with one attached hydrogen (secondary N) is 3. The van der Waals surface area contributed by atoms with Gasteiger partial charge in [0.1, 0.15) is 29.9 Å². The molecule has 3 N–H and O–H groups in total. The lowest BCUT2D eigenvalue weighted by Crippen LogP contribution is -2.60. The van der Waals surface area contributed by atoms with Crippen LogP contribution in [0.3, 0.4) is 0 Å². The fraction of sp³-hybridized carbons (Fsp3) is 0.636. The van der Waals surface area contributed by atoms with Crippen LogP contribution in [0, 0.1) is 23.7 Å². The maximum absolute atomic E-state index is 14.2. The van der Waals surface area contributed by atoms with Gasteiger partial charge in [-0.1, -0.05) is 61.0 Å². The standard InChI is InChI=1S/C33H49N7O6/c1-9-11-24(28(41)31(44)36-20(7)10-2)39-15-12-22-17-40(27(21(22)8)33(39)46)32(45)26(19(5)6)38-30(43)25(18(3)4)37-29(42)23-16-34-13-14-35-23/h12-16,18-22,24-27H,9-11,17H2,1-8H3,(H,36,44)(H,37,42)(H,38,43)/t20-,21-,22-,24?,25+,26-,27?/m0/s1. The Morgan fingerprint density at radius 2 is 1.63 bits per heavy atom. The van der Waals surface area contributed by atoms with E-state index >= 15 is 0 Å². The minimum absolute atomic E-state index is 0.0557. The number of amides is 5. The molecule has 3 heterocycles. The number of aromatic nitrogens is 2. The molecule has 3 rings (SSSR count). The van der Waals surface area contributed by atoms with Gasteiger partial charge in [-0.3, -0.25) is 33.8 Å². The van der Waals surface area contributed by atoms with Gasteiger partial charge in [-0.05, 0) is 37.5 Å². The first-order chi connectivity index (χ1) is 21.7. The topological polar surface area (TPSA) is 171 Å². The van der Waals surface area contributed by atoms with Crippen LogP contribution in [0.4, 0.5) is 0 Å². The number of carbonyl (C=O) groups is 6. The molecule has 1 saturated heterocycles. The molecular formula is C33H49N7O6. The molecule has 2 aliphatic rings. The average Bonchev–Trinajstić information content (AvgIpc) is 3.30. The highest BCUT2D eigenvalue weighted by atomic mass is 16.2. The van der Waals surface area contributed by atoms with Crippen molar-refractivity contribution in [2.45, 2.75) is 105 Å². The molecule has 46 heavy (non-hydrogen) atoms. The zero-order valence-corrected chi connectivity index (χ0v) is 28.1. The summed E-state index contributed by atoms with van der Waals surface area (Å²) in [5, 5.41) is 8.24. The van der Waals surface area contributed by atoms with E-state index in [1.807, 2.05) is 26.8 Å². The summed E-state index contributed by atoms with van der Waals surface area (Å²) < 4.78 is 0. The molecule has 5 amide bonds. The normalized spacial score (nSPS) is 21.8. The van der Waals surface area contributed by atoms with Crippen molar-refractivity contribution in [3.05, 3.63) is 36.6 Å². The van der Waals surface area contributed by atoms with E-state index in [9.17, 15) is 28.8 Å². The van der Waals surface area contributed by atoms with E-state index in [1.54, 1.807) is 40.8 Å². The van der Waals surface area contributed by atoms with Gasteiger partial charge in [0.05, 0.1) is 6.20 Å². The molecule has 1 fully saturated rings. The highest BCUT2D eigenvalue weighted by Crippen LogP contribution is 2.36. The molecule has 2 aliphatic heterocycles. The van der Waals surface area contributed by atoms with E-state index in [0.717, 1.165) is 0 Å². The number of likely N-dealkylation sites (tertiary alicyclic amines) is 1. The molecule has 2 unspecified atom stereocenters. The van der Waals surface area contributed by atoms with E-state index in [2.05, 4.69) is 25.9 Å². The maximum atomic E-state index is 14.2. The van der Waals surface area contributed by atoms with Gasteiger partial charge in [0.2, 0.25) is 23.5 Å². The van der Waals surface area contributed by atoms with Crippen molar-refractivity contribution >= 4 is 35.3 Å². The fourth-order valence-corrected chi connectivity index (χ4v) is 5.85. The molecule has 2 bridgehead atoms. The maximum Gasteiger partial charge on any atom is 0.289 e. The fourth-order valence-electron chi connectivity index (χ4n) is 5.85. The van der Waals surface area contributed by atoms with E-state index < -0.39 is 59.5 Å². The monoisotopic (exact) mass is 639 g/mol. The van der Waals surface area contributed by atoms with Crippen LogP contribution in [0.25, 0.3) is 0 Å². The Morgan fingerprint density at radius 3 is 2.20 bits per heavy atom. The van der Waals surface area contributed by atoms with Crippen molar-refractivity contribution in [3.63, 3.8) is 0 Å². The SMILES string of the molecule is CCCC(C(=O)C(=O)N[C@@H](C)CC)N1C=C[C@H]2CN(C(=O)[C@@H](NC(=O)[C@H](NC(=O)c3cnccn3)C(C)C)C(C)C)C(C1=O)[C@H]2C. The quantitative estimate of drug-likeness (QED) is 0.259. The summed E-state index contributed by atoms with van der Waals surface area (Å²) in [4.78, 5) is 91.5. The predicted molar refractivity (Wildman–Crippen MR) is 171 cm³/mol. The lowest BCUT2D eigenvalue weighted by atomic mass is 9.92. The third kappa shape index (κ3) is 8.16. The first kappa shape index (κ1) is 36.3. The highest BCUT2D eigenvalue weighted by Gasteiger charge is 2.51. The van der Waals surface area contributed by atoms with Gasteiger partial charge in [-0.2, -0.15) is 0 Å². The highest BCUT2D eigenvalue weighted by molar-refractivity contribution is 6.38. The van der Waals surface area contributed by atoms with Crippen molar-refractivity contribution in [2.24, 2.45) is 23.7 Å². The molecule has 1 aromatic heterocycles. The Kier molecular flexibility index (Phi) is 12.6. The van der Waals surface area contributed by atoms with Crippen molar-refractivity contribution in [1.29, 1.82) is 0 Å². The summed E-state index contributed by atoms with van der Waals surface area (Å²) in [7, 11) is 0. The Bertz CT molecular complexity index is 1320. The van der Waals surface area contributed by atoms with E-state index in [0.29, 0.717) is 12.8 Å². The van der Waals surface area contributed by atoms with Crippen molar-refractivity contribution < 1.29 is 28.8 Å². The molecule has 1 aromatic rings. The Balaban J connectivity index is 1.84. The van der Waals surface area contributed by atoms with E-state index in [-0.39, 0.29) is 48.4 Å². The molecule has 13 nitrogen and oxygen atoms in total. The Morgan fingerprint density at radius 1 is 0.957 bits per heavy atom. The molecule has 0 saturated carbocycles. The van der Waals surface area contributed by atoms with Crippen LogP contribution < -0.4 is 16.0 Å². The lowest BCUT2D eigenvalue weighted by molar-refractivity contribution is -0.150. The van der Waals surface area contributed by atoms with Gasteiger partial charge in [0.25, 0.3) is 11.8 Å². The van der Waals surface area contributed by atoms with Crippen LogP contribution in [0.5, 0.6) is 0 Å². The minimum Gasteiger partial charge on any atom is -0.347 e. The molecule has 0 spiro atoms. The largest absolute Gasteiger partial charge is 0.347 e. The van der Waals surface area contributed by atoms with E-state index in [1.165, 1.54) is 28.4 Å². The molecule has 13 heteroatoms. The Labute approximate surface area is 271 Å². The van der Waals surface area contributed by atoms with Crippen molar-refractivity contribution in [3.8, 4) is 0 Å². The van der Waals surface area contributed by atoms with Gasteiger partial charge in [-0.15, -0.1) is 0 Å². The van der Waals surface area contributed by atoms with E-state index in [4.69, 9.17) is 0 Å².